The normalized spacial score (nSPS) is 9.17. The maximum Gasteiger partial charge on any atom is 0.454 e. The van der Waals surface area contributed by atoms with Crippen LogP contribution in [0.1, 0.15) is 0 Å². The van der Waals surface area contributed by atoms with E-state index in [1.165, 1.54) is 0 Å². The Labute approximate surface area is 68.9 Å². The van der Waals surface area contributed by atoms with Crippen molar-refractivity contribution < 1.29 is 14.7 Å². The van der Waals surface area contributed by atoms with Crippen LogP contribution in [0.5, 0.6) is 5.75 Å². The Balaban J connectivity index is 2.59. The predicted octanol–water partition coefficient (Wildman–Crippen LogP) is 0.750. The van der Waals surface area contributed by atoms with Crippen molar-refractivity contribution in [2.75, 3.05) is 0 Å². The van der Waals surface area contributed by atoms with E-state index < -0.39 is 6.09 Å². The van der Waals surface area contributed by atoms with Gasteiger partial charge in [0.25, 0.3) is 0 Å². The molecule has 0 bridgehead atoms. The lowest BCUT2D eigenvalue weighted by Crippen LogP contribution is -2.36. The molecule has 5 nitrogen and oxygen atoms in total. The Bertz CT molecular complexity index is 261. The lowest BCUT2D eigenvalue weighted by molar-refractivity contribution is -0.0619. The van der Waals surface area contributed by atoms with E-state index in [4.69, 9.17) is 11.0 Å². The highest BCUT2D eigenvalue weighted by Gasteiger charge is 2.07. The van der Waals surface area contributed by atoms with Crippen LogP contribution in [-0.2, 0) is 0 Å². The summed E-state index contributed by atoms with van der Waals surface area (Å²) in [7, 11) is 0. The fourth-order valence-electron chi connectivity index (χ4n) is 0.636. The van der Waals surface area contributed by atoms with Gasteiger partial charge in [0, 0.05) is 0 Å². The van der Waals surface area contributed by atoms with Crippen LogP contribution in [-0.4, -0.2) is 16.5 Å². The van der Waals surface area contributed by atoms with Gasteiger partial charge in [-0.1, -0.05) is 18.2 Å². The van der Waals surface area contributed by atoms with Crippen molar-refractivity contribution in [2.24, 2.45) is 5.84 Å². The van der Waals surface area contributed by atoms with E-state index in [0.29, 0.717) is 5.75 Å². The molecule has 0 atom stereocenters. The van der Waals surface area contributed by atoms with Gasteiger partial charge in [-0.15, -0.1) is 5.17 Å². The van der Waals surface area contributed by atoms with Crippen molar-refractivity contribution in [3.63, 3.8) is 0 Å². The van der Waals surface area contributed by atoms with Gasteiger partial charge in [-0.3, -0.25) is 5.21 Å². The summed E-state index contributed by atoms with van der Waals surface area (Å²) in [4.78, 5) is 10.6. The van der Waals surface area contributed by atoms with Gasteiger partial charge < -0.3 is 4.74 Å². The van der Waals surface area contributed by atoms with E-state index in [9.17, 15) is 4.79 Å². The quantitative estimate of drug-likeness (QED) is 0.281. The van der Waals surface area contributed by atoms with Crippen LogP contribution in [0.4, 0.5) is 4.79 Å². The van der Waals surface area contributed by atoms with Gasteiger partial charge in [0.1, 0.15) is 5.75 Å². The number of ether oxygens (including phenoxy) is 1. The van der Waals surface area contributed by atoms with E-state index in [1.807, 2.05) is 0 Å². The Morgan fingerprint density at radius 3 is 2.50 bits per heavy atom. The van der Waals surface area contributed by atoms with Crippen molar-refractivity contribution in [3.8, 4) is 5.75 Å². The largest absolute Gasteiger partial charge is 0.454 e. The maximum atomic E-state index is 10.6. The number of nitrogens with two attached hydrogens (primary N) is 1. The average Bonchev–Trinajstić information content (AvgIpc) is 2.06. The summed E-state index contributed by atoms with van der Waals surface area (Å²) in [6.45, 7) is 0. The molecule has 1 rings (SSSR count). The molecule has 0 aliphatic rings. The summed E-state index contributed by atoms with van der Waals surface area (Å²) in [5.74, 6) is 5.02. The van der Waals surface area contributed by atoms with Crippen molar-refractivity contribution in [1.82, 2.24) is 5.17 Å². The number of hydrogen-bond donors (Lipinski definition) is 2. The number of nitrogens with zero attached hydrogens (tertiary/aromatic N) is 1. The molecule has 1 amide bonds. The van der Waals surface area contributed by atoms with Crippen LogP contribution >= 0.6 is 0 Å². The highest BCUT2D eigenvalue weighted by atomic mass is 16.6. The zero-order valence-corrected chi connectivity index (χ0v) is 6.18. The Morgan fingerprint density at radius 2 is 2.00 bits per heavy atom. The number of para-hydroxylation sites is 1. The van der Waals surface area contributed by atoms with Crippen molar-refractivity contribution in [1.29, 1.82) is 0 Å². The van der Waals surface area contributed by atoms with Crippen molar-refractivity contribution >= 4 is 6.09 Å². The van der Waals surface area contributed by atoms with Gasteiger partial charge in [-0.25, -0.2) is 10.6 Å². The lowest BCUT2D eigenvalue weighted by atomic mass is 10.3. The number of benzene rings is 1. The van der Waals surface area contributed by atoms with E-state index in [0.717, 1.165) is 0 Å². The number of hydrogen-bond acceptors (Lipinski definition) is 4. The third-order valence-electron chi connectivity index (χ3n) is 1.14. The highest BCUT2D eigenvalue weighted by Crippen LogP contribution is 2.08. The molecule has 1 aromatic carbocycles. The summed E-state index contributed by atoms with van der Waals surface area (Å²) < 4.78 is 4.59. The van der Waals surface area contributed by atoms with Crippen LogP contribution < -0.4 is 10.6 Å². The molecular formula is C7H8N2O3. The molecule has 0 radical (unpaired) electrons. The molecule has 0 aliphatic carbocycles. The number of carbonyl (C=O) groups excluding carboxylic acids is 1. The first kappa shape index (κ1) is 8.51. The molecule has 0 saturated carbocycles. The van der Waals surface area contributed by atoms with Crippen LogP contribution in [0, 0.1) is 0 Å². The second-order valence-corrected chi connectivity index (χ2v) is 2.03. The van der Waals surface area contributed by atoms with Gasteiger partial charge in [-0.2, -0.15) is 0 Å². The van der Waals surface area contributed by atoms with Crippen LogP contribution in [0.3, 0.4) is 0 Å². The van der Waals surface area contributed by atoms with Gasteiger partial charge >= 0.3 is 6.09 Å². The molecule has 0 saturated heterocycles. The third-order valence-corrected chi connectivity index (χ3v) is 1.14. The second kappa shape index (κ2) is 3.70. The summed E-state index contributed by atoms with van der Waals surface area (Å²) in [6.07, 6.45) is -1.03. The lowest BCUT2D eigenvalue weighted by Gasteiger charge is -2.07. The van der Waals surface area contributed by atoms with Crippen molar-refractivity contribution in [2.45, 2.75) is 0 Å². The number of rotatable bonds is 1. The van der Waals surface area contributed by atoms with Crippen LogP contribution in [0.2, 0.25) is 0 Å². The molecule has 12 heavy (non-hydrogen) atoms. The molecule has 0 heterocycles. The smallest absolute Gasteiger partial charge is 0.408 e. The fourth-order valence-corrected chi connectivity index (χ4v) is 0.636. The summed E-state index contributed by atoms with van der Waals surface area (Å²) >= 11 is 0. The van der Waals surface area contributed by atoms with E-state index in [1.54, 1.807) is 30.3 Å². The van der Waals surface area contributed by atoms with Gasteiger partial charge in [-0.05, 0) is 12.1 Å². The van der Waals surface area contributed by atoms with E-state index in [2.05, 4.69) is 4.74 Å². The maximum absolute atomic E-state index is 10.6. The zero-order valence-electron chi connectivity index (χ0n) is 6.18. The SMILES string of the molecule is NN(O)C(=O)Oc1ccccc1. The molecule has 0 aliphatic heterocycles. The number of hydroxylamine groups is 1. The standard InChI is InChI=1S/C7H8N2O3/c8-9(11)7(10)12-6-4-2-1-3-5-6/h1-5,11H,8H2. The van der Waals surface area contributed by atoms with Crippen molar-refractivity contribution in [3.05, 3.63) is 30.3 Å². The number of amides is 1. The van der Waals surface area contributed by atoms with E-state index in [-0.39, 0.29) is 5.17 Å². The molecule has 0 unspecified atom stereocenters. The second-order valence-electron chi connectivity index (χ2n) is 2.03. The minimum Gasteiger partial charge on any atom is -0.408 e. The van der Waals surface area contributed by atoms with E-state index >= 15 is 0 Å². The molecular weight excluding hydrogens is 160 g/mol. The number of carbonyl (C=O) groups is 1. The summed E-state index contributed by atoms with van der Waals surface area (Å²) in [5, 5.41) is 8.30. The minimum absolute atomic E-state index is 0.118. The fraction of sp³-hybridized carbons (Fsp3) is 0. The first-order chi connectivity index (χ1) is 5.70. The first-order valence-corrected chi connectivity index (χ1v) is 3.20. The predicted molar refractivity (Wildman–Crippen MR) is 40.3 cm³/mol. The number of hydrazine groups is 1. The molecule has 64 valence electrons. The monoisotopic (exact) mass is 168 g/mol. The topological polar surface area (TPSA) is 75.8 Å². The Kier molecular flexibility index (Phi) is 2.62. The first-order valence-electron chi connectivity index (χ1n) is 3.20. The molecule has 1 aromatic rings. The zero-order chi connectivity index (χ0) is 8.97. The van der Waals surface area contributed by atoms with Gasteiger partial charge in [0.2, 0.25) is 0 Å². The molecule has 0 aromatic heterocycles. The minimum atomic E-state index is -1.03. The summed E-state index contributed by atoms with van der Waals surface area (Å²) in [5.41, 5.74) is 0. The molecule has 0 spiro atoms. The molecule has 0 fully saturated rings. The average molecular weight is 168 g/mol. The Morgan fingerprint density at radius 1 is 1.42 bits per heavy atom. The molecule has 3 N–H and O–H groups in total. The van der Waals surface area contributed by atoms with Crippen LogP contribution in [0.25, 0.3) is 0 Å². The Hall–Kier alpha value is -1.59. The van der Waals surface area contributed by atoms with Crippen LogP contribution in [0.15, 0.2) is 30.3 Å². The third kappa shape index (κ3) is 2.22. The molecule has 5 heteroatoms. The summed E-state index contributed by atoms with van der Waals surface area (Å²) in [6, 6.07) is 8.31. The van der Waals surface area contributed by atoms with Gasteiger partial charge in [0.05, 0.1) is 0 Å². The van der Waals surface area contributed by atoms with Gasteiger partial charge in [0.15, 0.2) is 0 Å². The highest BCUT2D eigenvalue weighted by molar-refractivity contribution is 5.68.